The fraction of sp³-hybridized carbons (Fsp3) is 0.364. The number of aromatic nitrogens is 4. The Bertz CT molecular complexity index is 595. The van der Waals surface area contributed by atoms with E-state index in [9.17, 15) is 4.57 Å². The average molecular weight is 297 g/mol. The first kappa shape index (κ1) is 14.6. The van der Waals surface area contributed by atoms with Crippen LogP contribution in [0.5, 0.6) is 0 Å². The third-order valence-electron chi connectivity index (χ3n) is 2.71. The fourth-order valence-electron chi connectivity index (χ4n) is 1.73. The Labute approximate surface area is 116 Å². The van der Waals surface area contributed by atoms with E-state index in [1.165, 1.54) is 19.0 Å². The molecule has 1 aromatic heterocycles. The van der Waals surface area contributed by atoms with Crippen molar-refractivity contribution in [1.82, 2.24) is 20.2 Å². The fourth-order valence-corrected chi connectivity index (χ4v) is 3.11. The van der Waals surface area contributed by atoms with E-state index in [1.807, 2.05) is 30.3 Å². The molecule has 20 heavy (non-hydrogen) atoms. The predicted octanol–water partition coefficient (Wildman–Crippen LogP) is 1.81. The smallest absolute Gasteiger partial charge is 0.334 e. The summed E-state index contributed by atoms with van der Waals surface area (Å²) in [6.07, 6.45) is 0. The van der Waals surface area contributed by atoms with Gasteiger partial charge in [-0.05, 0) is 10.8 Å². The van der Waals surface area contributed by atoms with Gasteiger partial charge in [0.25, 0.3) is 5.95 Å². The molecule has 2 aromatic rings. The molecule has 0 spiro atoms. The summed E-state index contributed by atoms with van der Waals surface area (Å²) in [5.41, 5.74) is 0.743. The number of anilines is 1. The van der Waals surface area contributed by atoms with Crippen molar-refractivity contribution in [1.29, 1.82) is 0 Å². The van der Waals surface area contributed by atoms with Crippen LogP contribution in [0.4, 0.5) is 5.95 Å². The molecule has 0 amide bonds. The van der Waals surface area contributed by atoms with E-state index in [-0.39, 0.29) is 5.95 Å². The molecule has 9 heteroatoms. The second-order valence-electron chi connectivity index (χ2n) is 3.97. The highest BCUT2D eigenvalue weighted by Crippen LogP contribution is 2.59. The summed E-state index contributed by atoms with van der Waals surface area (Å²) in [6.45, 7) is 0. The molecule has 1 atom stereocenters. The number of hydrogen-bond donors (Lipinski definition) is 1. The van der Waals surface area contributed by atoms with Crippen molar-refractivity contribution in [3.63, 3.8) is 0 Å². The maximum absolute atomic E-state index is 12.7. The molecule has 0 fully saturated rings. The Kier molecular flexibility index (Phi) is 4.49. The Morgan fingerprint density at radius 3 is 2.40 bits per heavy atom. The van der Waals surface area contributed by atoms with Crippen LogP contribution in [0.25, 0.3) is 0 Å². The van der Waals surface area contributed by atoms with E-state index < -0.39 is 13.4 Å². The van der Waals surface area contributed by atoms with Gasteiger partial charge in [0.2, 0.25) is 0 Å². The van der Waals surface area contributed by atoms with Crippen LogP contribution in [0, 0.1) is 0 Å². The number of nitrogens with one attached hydrogen (secondary N) is 1. The van der Waals surface area contributed by atoms with Gasteiger partial charge in [-0.3, -0.25) is 4.57 Å². The minimum Gasteiger partial charge on any atom is -0.334 e. The first-order valence-corrected chi connectivity index (χ1v) is 7.47. The van der Waals surface area contributed by atoms with Crippen molar-refractivity contribution in [2.75, 3.05) is 19.5 Å². The van der Waals surface area contributed by atoms with Crippen LogP contribution in [0.3, 0.4) is 0 Å². The van der Waals surface area contributed by atoms with E-state index in [0.29, 0.717) is 0 Å². The van der Waals surface area contributed by atoms with Gasteiger partial charge < -0.3 is 14.4 Å². The minimum atomic E-state index is -3.40. The van der Waals surface area contributed by atoms with Gasteiger partial charge >= 0.3 is 7.60 Å². The molecule has 0 aliphatic heterocycles. The molecule has 0 radical (unpaired) electrons. The molecule has 0 saturated heterocycles. The second kappa shape index (κ2) is 6.13. The molecule has 2 rings (SSSR count). The normalized spacial score (nSPS) is 13.2. The molecule has 1 N–H and O–H groups in total. The van der Waals surface area contributed by atoms with E-state index in [1.54, 1.807) is 7.05 Å². The largest absolute Gasteiger partial charge is 0.356 e. The Morgan fingerprint density at radius 2 is 1.90 bits per heavy atom. The average Bonchev–Trinajstić information content (AvgIpc) is 2.90. The summed E-state index contributed by atoms with van der Waals surface area (Å²) in [5, 5.41) is 14.5. The molecule has 8 nitrogen and oxygen atoms in total. The van der Waals surface area contributed by atoms with E-state index in [0.717, 1.165) is 5.56 Å². The highest BCUT2D eigenvalue weighted by molar-refractivity contribution is 7.54. The first-order chi connectivity index (χ1) is 9.59. The zero-order valence-corrected chi connectivity index (χ0v) is 12.3. The minimum absolute atomic E-state index is 0.246. The number of aryl methyl sites for hydroxylation is 1. The number of tetrazole rings is 1. The quantitative estimate of drug-likeness (QED) is 0.813. The van der Waals surface area contributed by atoms with Crippen LogP contribution in [-0.2, 0) is 20.7 Å². The molecule has 0 aliphatic carbocycles. The standard InChI is InChI=1S/C11H16N5O3P/c1-16-14-11(13-15-16)12-10(20(17,18-2)19-3)9-7-5-4-6-8-9/h4-8,10H,1-3H3,(H,12,14)/t10-/m0/s1. The first-order valence-electron chi connectivity index (χ1n) is 5.85. The Morgan fingerprint density at radius 1 is 1.25 bits per heavy atom. The molecule has 0 aliphatic rings. The monoisotopic (exact) mass is 297 g/mol. The molecule has 0 bridgehead atoms. The topological polar surface area (TPSA) is 91.2 Å². The highest BCUT2D eigenvalue weighted by atomic mass is 31.2. The van der Waals surface area contributed by atoms with Gasteiger partial charge in [-0.15, -0.1) is 5.10 Å². The van der Waals surface area contributed by atoms with Crippen molar-refractivity contribution >= 4 is 13.5 Å². The third-order valence-corrected chi connectivity index (χ3v) is 4.79. The van der Waals surface area contributed by atoms with E-state index >= 15 is 0 Å². The van der Waals surface area contributed by atoms with Crippen molar-refractivity contribution in [3.05, 3.63) is 35.9 Å². The molecular formula is C11H16N5O3P. The number of rotatable bonds is 6. The van der Waals surface area contributed by atoms with Crippen LogP contribution >= 0.6 is 7.60 Å². The highest BCUT2D eigenvalue weighted by Gasteiger charge is 2.36. The van der Waals surface area contributed by atoms with Crippen LogP contribution < -0.4 is 5.32 Å². The van der Waals surface area contributed by atoms with Crippen molar-refractivity contribution in [2.24, 2.45) is 7.05 Å². The molecule has 1 aromatic carbocycles. The zero-order chi connectivity index (χ0) is 14.6. The van der Waals surface area contributed by atoms with Crippen LogP contribution in [0.1, 0.15) is 11.3 Å². The molecular weight excluding hydrogens is 281 g/mol. The Balaban J connectivity index is 2.37. The molecule has 108 valence electrons. The van der Waals surface area contributed by atoms with Crippen molar-refractivity contribution < 1.29 is 13.6 Å². The van der Waals surface area contributed by atoms with Gasteiger partial charge in [-0.25, -0.2) is 0 Å². The van der Waals surface area contributed by atoms with Gasteiger partial charge in [0, 0.05) is 14.2 Å². The SMILES string of the molecule is COP(=O)(OC)[C@H](Nc1nnn(C)n1)c1ccccc1. The zero-order valence-electron chi connectivity index (χ0n) is 11.4. The van der Waals surface area contributed by atoms with Crippen LogP contribution in [0.2, 0.25) is 0 Å². The van der Waals surface area contributed by atoms with Crippen LogP contribution in [-0.4, -0.2) is 34.4 Å². The number of hydrogen-bond acceptors (Lipinski definition) is 7. The molecule has 0 unspecified atom stereocenters. The predicted molar refractivity (Wildman–Crippen MR) is 73.2 cm³/mol. The summed E-state index contributed by atoms with van der Waals surface area (Å²) in [5.74, 6) is -0.474. The second-order valence-corrected chi connectivity index (χ2v) is 6.29. The van der Waals surface area contributed by atoms with Gasteiger partial charge in [0.05, 0.1) is 7.05 Å². The molecule has 1 heterocycles. The van der Waals surface area contributed by atoms with Crippen molar-refractivity contribution in [2.45, 2.75) is 5.78 Å². The van der Waals surface area contributed by atoms with Gasteiger partial charge in [-0.2, -0.15) is 4.80 Å². The van der Waals surface area contributed by atoms with Crippen molar-refractivity contribution in [3.8, 4) is 0 Å². The van der Waals surface area contributed by atoms with Gasteiger partial charge in [0.15, 0.2) is 5.78 Å². The number of benzene rings is 1. The van der Waals surface area contributed by atoms with Gasteiger partial charge in [0.1, 0.15) is 0 Å². The van der Waals surface area contributed by atoms with Gasteiger partial charge in [-0.1, -0.05) is 35.4 Å². The van der Waals surface area contributed by atoms with E-state index in [4.69, 9.17) is 9.05 Å². The lowest BCUT2D eigenvalue weighted by Gasteiger charge is -2.24. The van der Waals surface area contributed by atoms with Crippen LogP contribution in [0.15, 0.2) is 30.3 Å². The summed E-state index contributed by atoms with van der Waals surface area (Å²) >= 11 is 0. The van der Waals surface area contributed by atoms with E-state index in [2.05, 4.69) is 20.7 Å². The Hall–Kier alpha value is -1.76. The summed E-state index contributed by atoms with van der Waals surface area (Å²) in [4.78, 5) is 1.30. The summed E-state index contributed by atoms with van der Waals surface area (Å²) < 4.78 is 22.8. The molecule has 0 saturated carbocycles. The lowest BCUT2D eigenvalue weighted by molar-refractivity contribution is 0.268. The third kappa shape index (κ3) is 3.04. The summed E-state index contributed by atoms with van der Waals surface area (Å²) in [7, 11) is 0.922. The maximum atomic E-state index is 12.7. The summed E-state index contributed by atoms with van der Waals surface area (Å²) in [6, 6.07) is 9.18. The lowest BCUT2D eigenvalue weighted by atomic mass is 10.2. The lowest BCUT2D eigenvalue weighted by Crippen LogP contribution is -2.14. The maximum Gasteiger partial charge on any atom is 0.356 e. The number of nitrogens with zero attached hydrogens (tertiary/aromatic N) is 4.